The number of nitrogens with zero attached hydrogens (tertiary/aromatic N) is 4. The summed E-state index contributed by atoms with van der Waals surface area (Å²) in [4.78, 5) is 10.7. The van der Waals surface area contributed by atoms with Gasteiger partial charge < -0.3 is 9.47 Å². The topological polar surface area (TPSA) is 157 Å². The molecule has 0 aromatic heterocycles. The molecule has 30 heavy (non-hydrogen) atoms. The third kappa shape index (κ3) is 2.26. The van der Waals surface area contributed by atoms with E-state index in [4.69, 9.17) is 26.5 Å². The lowest BCUT2D eigenvalue weighted by molar-refractivity contribution is -0.384. The minimum absolute atomic E-state index is 0.105. The van der Waals surface area contributed by atoms with Crippen molar-refractivity contribution < 1.29 is 14.4 Å². The Morgan fingerprint density at radius 1 is 1.20 bits per heavy atom. The van der Waals surface area contributed by atoms with Gasteiger partial charge in [0.05, 0.1) is 29.0 Å². The number of nitrogens with one attached hydrogen (secondary N) is 1. The van der Waals surface area contributed by atoms with Crippen LogP contribution in [0.2, 0.25) is 5.02 Å². The summed E-state index contributed by atoms with van der Waals surface area (Å²) in [5.74, 6) is -2.45. The Balaban J connectivity index is 2.00. The Hall–Kier alpha value is -3.19. The predicted molar refractivity (Wildman–Crippen MR) is 102 cm³/mol. The van der Waals surface area contributed by atoms with Gasteiger partial charge in [0, 0.05) is 12.5 Å². The Morgan fingerprint density at radius 2 is 1.93 bits per heavy atom. The molecule has 1 aromatic rings. The number of hydrogen-bond acceptors (Lipinski definition) is 8. The van der Waals surface area contributed by atoms with Crippen LogP contribution < -0.4 is 0 Å². The SMILES string of the molecule is N#CC1(C#N)C(c2ccc(Cl)c([N+](=O)[O-])c2)OC23CCCCCC2C1(C#N)C(=N)O3. The van der Waals surface area contributed by atoms with E-state index in [0.29, 0.717) is 12.8 Å². The second kappa shape index (κ2) is 6.67. The molecule has 0 radical (unpaired) electrons. The maximum Gasteiger partial charge on any atom is 0.288 e. The molecule has 1 N–H and O–H groups in total. The number of hydrogen-bond donors (Lipinski definition) is 1. The van der Waals surface area contributed by atoms with Gasteiger partial charge in [-0.05, 0) is 24.5 Å². The lowest BCUT2D eigenvalue weighted by atomic mass is 9.52. The minimum Gasteiger partial charge on any atom is -0.447 e. The fourth-order valence-corrected chi connectivity index (χ4v) is 5.36. The Labute approximate surface area is 177 Å². The highest BCUT2D eigenvalue weighted by atomic mass is 35.5. The maximum atomic E-state index is 11.4. The van der Waals surface area contributed by atoms with Gasteiger partial charge in [-0.15, -0.1) is 0 Å². The molecular weight excluding hydrogens is 410 g/mol. The lowest BCUT2D eigenvalue weighted by Crippen LogP contribution is -2.59. The van der Waals surface area contributed by atoms with Crippen LogP contribution in [0.25, 0.3) is 0 Å². The van der Waals surface area contributed by atoms with Crippen molar-refractivity contribution in [3.05, 3.63) is 38.9 Å². The Morgan fingerprint density at radius 3 is 2.57 bits per heavy atom. The van der Waals surface area contributed by atoms with Crippen molar-refractivity contribution >= 4 is 23.2 Å². The van der Waals surface area contributed by atoms with E-state index in [-0.39, 0.29) is 10.6 Å². The summed E-state index contributed by atoms with van der Waals surface area (Å²) >= 11 is 5.92. The van der Waals surface area contributed by atoms with Crippen LogP contribution in [-0.4, -0.2) is 16.6 Å². The van der Waals surface area contributed by atoms with Crippen molar-refractivity contribution in [3.63, 3.8) is 0 Å². The van der Waals surface area contributed by atoms with E-state index in [1.54, 1.807) is 0 Å². The Bertz CT molecular complexity index is 1070. The van der Waals surface area contributed by atoms with E-state index < -0.39 is 45.1 Å². The zero-order valence-electron chi connectivity index (χ0n) is 15.7. The van der Waals surface area contributed by atoms with E-state index in [1.807, 2.05) is 12.1 Å². The normalized spacial score (nSPS) is 33.7. The zero-order valence-corrected chi connectivity index (χ0v) is 16.5. The number of halogens is 1. The highest BCUT2D eigenvalue weighted by molar-refractivity contribution is 6.32. The van der Waals surface area contributed by atoms with E-state index in [1.165, 1.54) is 12.1 Å². The molecule has 152 valence electrons. The molecule has 2 bridgehead atoms. The highest BCUT2D eigenvalue weighted by Gasteiger charge is 2.80. The molecular formula is C20H16ClN5O4. The van der Waals surface area contributed by atoms with Crippen LogP contribution in [0, 0.1) is 66.3 Å². The van der Waals surface area contributed by atoms with Crippen LogP contribution in [0.1, 0.15) is 43.8 Å². The van der Waals surface area contributed by atoms with Crippen molar-refractivity contribution in [2.24, 2.45) is 16.7 Å². The van der Waals surface area contributed by atoms with Gasteiger partial charge in [-0.3, -0.25) is 15.5 Å². The van der Waals surface area contributed by atoms with E-state index in [0.717, 1.165) is 25.3 Å². The summed E-state index contributed by atoms with van der Waals surface area (Å²) in [6.07, 6.45) is 1.87. The van der Waals surface area contributed by atoms with Crippen molar-refractivity contribution in [2.75, 3.05) is 0 Å². The summed E-state index contributed by atoms with van der Waals surface area (Å²) in [7, 11) is 0. The van der Waals surface area contributed by atoms with Gasteiger partial charge >= 0.3 is 0 Å². The first-order valence-electron chi connectivity index (χ1n) is 9.45. The number of rotatable bonds is 2. The third-order valence-electron chi connectivity index (χ3n) is 6.54. The number of nitriles is 3. The van der Waals surface area contributed by atoms with Crippen molar-refractivity contribution in [2.45, 2.75) is 44.0 Å². The van der Waals surface area contributed by atoms with Gasteiger partial charge in [0.2, 0.25) is 17.1 Å². The van der Waals surface area contributed by atoms with Crippen LogP contribution in [0.5, 0.6) is 0 Å². The monoisotopic (exact) mass is 425 g/mol. The van der Waals surface area contributed by atoms with Gasteiger partial charge in [0.1, 0.15) is 11.1 Å². The molecule has 4 unspecified atom stereocenters. The van der Waals surface area contributed by atoms with Crippen LogP contribution in [0.15, 0.2) is 18.2 Å². The van der Waals surface area contributed by atoms with E-state index in [2.05, 4.69) is 6.07 Å². The van der Waals surface area contributed by atoms with Crippen LogP contribution in [0.3, 0.4) is 0 Å². The van der Waals surface area contributed by atoms with Gasteiger partial charge in [-0.2, -0.15) is 15.8 Å². The predicted octanol–water partition coefficient (Wildman–Crippen LogP) is 4.15. The lowest BCUT2D eigenvalue weighted by Gasteiger charge is -2.49. The quantitative estimate of drug-likeness (QED) is 0.550. The molecule has 2 aliphatic heterocycles. The second-order valence-corrected chi connectivity index (χ2v) is 8.22. The molecule has 3 fully saturated rings. The van der Waals surface area contributed by atoms with Crippen LogP contribution >= 0.6 is 11.6 Å². The molecule has 0 amide bonds. The first-order chi connectivity index (χ1) is 14.3. The van der Waals surface area contributed by atoms with Crippen molar-refractivity contribution in [1.82, 2.24) is 0 Å². The molecule has 0 spiro atoms. The largest absolute Gasteiger partial charge is 0.447 e. The number of ether oxygens (including phenoxy) is 2. The summed E-state index contributed by atoms with van der Waals surface area (Å²) in [6, 6.07) is 9.86. The maximum absolute atomic E-state index is 11.4. The molecule has 2 saturated heterocycles. The third-order valence-corrected chi connectivity index (χ3v) is 6.86. The first-order valence-corrected chi connectivity index (χ1v) is 9.83. The fourth-order valence-electron chi connectivity index (χ4n) is 5.17. The van der Waals surface area contributed by atoms with Crippen LogP contribution in [-0.2, 0) is 9.47 Å². The molecule has 10 heteroatoms. The van der Waals surface area contributed by atoms with Gasteiger partial charge in [0.25, 0.3) is 5.69 Å². The standard InChI is InChI=1S/C20H16ClN5O4/c21-13-6-5-12(8-14(13)26(27)28)16-18(9-22,10-23)19(11-24)15-4-2-1-3-7-20(15,29-16)30-17(19)25/h5-6,8,15-16,25H,1-4,7H2. The highest BCUT2D eigenvalue weighted by Crippen LogP contribution is 2.69. The molecule has 1 saturated carbocycles. The zero-order chi connectivity index (χ0) is 21.7. The summed E-state index contributed by atoms with van der Waals surface area (Å²) in [5.41, 5.74) is -4.22. The van der Waals surface area contributed by atoms with E-state index >= 15 is 0 Å². The smallest absolute Gasteiger partial charge is 0.288 e. The summed E-state index contributed by atoms with van der Waals surface area (Å²) < 4.78 is 12.1. The van der Waals surface area contributed by atoms with Gasteiger partial charge in [-0.25, -0.2) is 0 Å². The van der Waals surface area contributed by atoms with Gasteiger partial charge in [0.15, 0.2) is 5.41 Å². The molecule has 4 atom stereocenters. The summed E-state index contributed by atoms with van der Waals surface area (Å²) in [5, 5.41) is 50.4. The molecule has 3 aliphatic rings. The van der Waals surface area contributed by atoms with Crippen molar-refractivity contribution in [1.29, 1.82) is 21.2 Å². The number of nitro groups is 1. The number of nitro benzene ring substituents is 1. The fraction of sp³-hybridized carbons (Fsp3) is 0.500. The first kappa shape index (κ1) is 20.1. The van der Waals surface area contributed by atoms with Crippen molar-refractivity contribution in [3.8, 4) is 18.2 Å². The van der Waals surface area contributed by atoms with E-state index in [9.17, 15) is 25.9 Å². The van der Waals surface area contributed by atoms with Gasteiger partial charge in [-0.1, -0.05) is 30.5 Å². The average Bonchev–Trinajstić information content (AvgIpc) is 2.85. The number of benzene rings is 1. The Kier molecular flexibility index (Phi) is 4.47. The minimum atomic E-state index is -2.13. The molecule has 1 aromatic carbocycles. The second-order valence-electron chi connectivity index (χ2n) is 7.81. The molecule has 9 nitrogen and oxygen atoms in total. The summed E-state index contributed by atoms with van der Waals surface area (Å²) in [6.45, 7) is 0. The molecule has 1 aliphatic carbocycles. The van der Waals surface area contributed by atoms with Crippen LogP contribution in [0.4, 0.5) is 5.69 Å². The molecule has 4 rings (SSSR count). The molecule has 2 heterocycles. The average molecular weight is 426 g/mol.